The highest BCUT2D eigenvalue weighted by Crippen LogP contribution is 2.29. The van der Waals surface area contributed by atoms with Gasteiger partial charge in [-0.1, -0.05) is 38.0 Å². The van der Waals surface area contributed by atoms with Crippen LogP contribution >= 0.6 is 0 Å². The van der Waals surface area contributed by atoms with E-state index in [2.05, 4.69) is 5.32 Å². The van der Waals surface area contributed by atoms with Crippen LogP contribution in [0.5, 0.6) is 0 Å². The molecule has 0 aliphatic rings. The predicted octanol–water partition coefficient (Wildman–Crippen LogP) is 3.53. The monoisotopic (exact) mass is 303 g/mol. The number of unbranched alkanes of at least 4 members (excludes halogenated alkanes) is 1. The molecule has 6 heteroatoms. The first-order valence-corrected chi connectivity index (χ1v) is 6.85. The van der Waals surface area contributed by atoms with Crippen LogP contribution in [0.3, 0.4) is 0 Å². The van der Waals surface area contributed by atoms with Crippen molar-refractivity contribution in [2.24, 2.45) is 0 Å². The van der Waals surface area contributed by atoms with Crippen molar-refractivity contribution in [3.63, 3.8) is 0 Å². The summed E-state index contributed by atoms with van der Waals surface area (Å²) in [6.07, 6.45) is -1.99. The van der Waals surface area contributed by atoms with E-state index in [1.165, 1.54) is 13.2 Å². The highest BCUT2D eigenvalue weighted by Gasteiger charge is 2.30. The molecular formula is C15H20F3NO2. The molecule has 3 nitrogen and oxygen atoms in total. The quantitative estimate of drug-likeness (QED) is 0.783. The van der Waals surface area contributed by atoms with Gasteiger partial charge in [-0.3, -0.25) is 4.79 Å². The summed E-state index contributed by atoms with van der Waals surface area (Å²) < 4.78 is 42.6. The molecule has 0 amide bonds. The summed E-state index contributed by atoms with van der Waals surface area (Å²) in [5.74, 6) is -0.393. The molecule has 0 aliphatic carbocycles. The molecule has 0 spiro atoms. The van der Waals surface area contributed by atoms with Crippen LogP contribution in [0.15, 0.2) is 24.3 Å². The van der Waals surface area contributed by atoms with Crippen molar-refractivity contribution in [1.82, 2.24) is 5.32 Å². The minimum atomic E-state index is -4.36. The Labute approximate surface area is 122 Å². The van der Waals surface area contributed by atoms with Crippen LogP contribution in [-0.2, 0) is 22.3 Å². The zero-order chi connectivity index (χ0) is 15.9. The SMILES string of the molecule is CCCCC(NCc1cccc(C(F)(F)F)c1)C(=O)OC. The van der Waals surface area contributed by atoms with Gasteiger partial charge in [-0.05, 0) is 18.1 Å². The van der Waals surface area contributed by atoms with Gasteiger partial charge in [0.25, 0.3) is 0 Å². The minimum Gasteiger partial charge on any atom is -0.468 e. The van der Waals surface area contributed by atoms with Crippen molar-refractivity contribution in [3.8, 4) is 0 Å². The van der Waals surface area contributed by atoms with Gasteiger partial charge >= 0.3 is 12.1 Å². The van der Waals surface area contributed by atoms with Crippen LogP contribution in [0, 0.1) is 0 Å². The van der Waals surface area contributed by atoms with Gasteiger partial charge in [0.05, 0.1) is 12.7 Å². The van der Waals surface area contributed by atoms with Crippen LogP contribution in [0.25, 0.3) is 0 Å². The van der Waals surface area contributed by atoms with Gasteiger partial charge in [0.15, 0.2) is 0 Å². The average molecular weight is 303 g/mol. The summed E-state index contributed by atoms with van der Waals surface area (Å²) >= 11 is 0. The molecule has 0 radical (unpaired) electrons. The van der Waals surface area contributed by atoms with E-state index in [9.17, 15) is 18.0 Å². The number of carbonyl (C=O) groups excluding carboxylic acids is 1. The largest absolute Gasteiger partial charge is 0.468 e. The molecule has 0 fully saturated rings. The van der Waals surface area contributed by atoms with Gasteiger partial charge in [-0.2, -0.15) is 13.2 Å². The molecular weight excluding hydrogens is 283 g/mol. The normalized spacial score (nSPS) is 13.0. The van der Waals surface area contributed by atoms with E-state index < -0.39 is 23.8 Å². The number of hydrogen-bond donors (Lipinski definition) is 1. The number of alkyl halides is 3. The lowest BCUT2D eigenvalue weighted by molar-refractivity contribution is -0.143. The standard InChI is InChI=1S/C15H20F3NO2/c1-3-4-8-13(14(20)21-2)19-10-11-6-5-7-12(9-11)15(16,17)18/h5-7,9,13,19H,3-4,8,10H2,1-2H3. The zero-order valence-electron chi connectivity index (χ0n) is 12.2. The van der Waals surface area contributed by atoms with Crippen LogP contribution in [-0.4, -0.2) is 19.1 Å². The fourth-order valence-electron chi connectivity index (χ4n) is 1.95. The fourth-order valence-corrected chi connectivity index (χ4v) is 1.95. The van der Waals surface area contributed by atoms with E-state index in [1.807, 2.05) is 6.92 Å². The van der Waals surface area contributed by atoms with E-state index in [0.29, 0.717) is 12.0 Å². The topological polar surface area (TPSA) is 38.3 Å². The number of hydrogen-bond acceptors (Lipinski definition) is 3. The molecule has 0 saturated carbocycles. The second-order valence-corrected chi connectivity index (χ2v) is 4.80. The second kappa shape index (κ2) is 8.02. The summed E-state index contributed by atoms with van der Waals surface area (Å²) in [5, 5.41) is 2.96. The molecule has 0 aliphatic heterocycles. The number of halogens is 3. The Hall–Kier alpha value is -1.56. The molecule has 1 N–H and O–H groups in total. The Morgan fingerprint density at radius 2 is 2.10 bits per heavy atom. The van der Waals surface area contributed by atoms with Crippen LogP contribution < -0.4 is 5.32 Å². The molecule has 0 saturated heterocycles. The van der Waals surface area contributed by atoms with Gasteiger partial charge in [0.1, 0.15) is 6.04 Å². The van der Waals surface area contributed by atoms with E-state index in [1.54, 1.807) is 6.07 Å². The van der Waals surface area contributed by atoms with Gasteiger partial charge in [0.2, 0.25) is 0 Å². The molecule has 0 aromatic heterocycles. The first kappa shape index (κ1) is 17.5. The molecule has 1 rings (SSSR count). The van der Waals surface area contributed by atoms with E-state index in [4.69, 9.17) is 4.74 Å². The number of nitrogens with one attached hydrogen (secondary N) is 1. The molecule has 1 aromatic rings. The van der Waals surface area contributed by atoms with Crippen LogP contribution in [0.4, 0.5) is 13.2 Å². The van der Waals surface area contributed by atoms with Crippen LogP contribution in [0.2, 0.25) is 0 Å². The van der Waals surface area contributed by atoms with E-state index in [-0.39, 0.29) is 6.54 Å². The lowest BCUT2D eigenvalue weighted by Crippen LogP contribution is -2.37. The number of benzene rings is 1. The van der Waals surface area contributed by atoms with E-state index >= 15 is 0 Å². The third-order valence-corrected chi connectivity index (χ3v) is 3.14. The number of ether oxygens (including phenoxy) is 1. The molecule has 21 heavy (non-hydrogen) atoms. The highest BCUT2D eigenvalue weighted by atomic mass is 19.4. The van der Waals surface area contributed by atoms with E-state index in [0.717, 1.165) is 25.0 Å². The maximum atomic E-state index is 12.6. The Kier molecular flexibility index (Phi) is 6.68. The molecule has 118 valence electrons. The number of esters is 1. The minimum absolute atomic E-state index is 0.188. The highest BCUT2D eigenvalue weighted by molar-refractivity contribution is 5.75. The summed E-state index contributed by atoms with van der Waals surface area (Å²) in [6.45, 7) is 2.19. The summed E-state index contributed by atoms with van der Waals surface area (Å²) in [5.41, 5.74) is -0.208. The molecule has 0 bridgehead atoms. The maximum Gasteiger partial charge on any atom is 0.416 e. The molecule has 1 aromatic carbocycles. The van der Waals surface area contributed by atoms with Crippen molar-refractivity contribution < 1.29 is 22.7 Å². The molecule has 0 heterocycles. The third-order valence-electron chi connectivity index (χ3n) is 3.14. The summed E-state index contributed by atoms with van der Waals surface area (Å²) in [7, 11) is 1.30. The van der Waals surface area contributed by atoms with Crippen molar-refractivity contribution in [1.29, 1.82) is 0 Å². The zero-order valence-corrected chi connectivity index (χ0v) is 12.2. The number of rotatable bonds is 7. The average Bonchev–Trinajstić information content (AvgIpc) is 2.46. The smallest absolute Gasteiger partial charge is 0.416 e. The maximum absolute atomic E-state index is 12.6. The predicted molar refractivity (Wildman–Crippen MR) is 73.6 cm³/mol. The second-order valence-electron chi connectivity index (χ2n) is 4.80. The third kappa shape index (κ3) is 5.75. The van der Waals surface area contributed by atoms with Crippen molar-refractivity contribution in [2.45, 2.75) is 44.9 Å². The Morgan fingerprint density at radius 1 is 1.38 bits per heavy atom. The summed E-state index contributed by atoms with van der Waals surface area (Å²) in [6, 6.07) is 4.57. The van der Waals surface area contributed by atoms with Crippen molar-refractivity contribution in [2.75, 3.05) is 7.11 Å². The molecule has 1 atom stereocenters. The van der Waals surface area contributed by atoms with Gasteiger partial charge in [-0.15, -0.1) is 0 Å². The first-order valence-electron chi connectivity index (χ1n) is 6.85. The molecule has 1 unspecified atom stereocenters. The Bertz CT molecular complexity index is 460. The van der Waals surface area contributed by atoms with Gasteiger partial charge in [-0.25, -0.2) is 0 Å². The van der Waals surface area contributed by atoms with Gasteiger partial charge < -0.3 is 10.1 Å². The van der Waals surface area contributed by atoms with Gasteiger partial charge in [0, 0.05) is 6.54 Å². The Balaban J connectivity index is 2.69. The number of methoxy groups -OCH3 is 1. The fraction of sp³-hybridized carbons (Fsp3) is 0.533. The lowest BCUT2D eigenvalue weighted by atomic mass is 10.1. The van der Waals surface area contributed by atoms with Crippen LogP contribution in [0.1, 0.15) is 37.3 Å². The number of carbonyl (C=O) groups is 1. The first-order chi connectivity index (χ1) is 9.88. The van der Waals surface area contributed by atoms with Crippen molar-refractivity contribution >= 4 is 5.97 Å². The Morgan fingerprint density at radius 3 is 2.67 bits per heavy atom. The summed E-state index contributed by atoms with van der Waals surface area (Å²) in [4.78, 5) is 11.6. The van der Waals surface area contributed by atoms with Crippen molar-refractivity contribution in [3.05, 3.63) is 35.4 Å². The lowest BCUT2D eigenvalue weighted by Gasteiger charge is -2.16.